The Morgan fingerprint density at radius 3 is 2.76 bits per heavy atom. The number of halogens is 1. The van der Waals surface area contributed by atoms with Crippen LogP contribution in [0.1, 0.15) is 6.92 Å². The minimum Gasteiger partial charge on any atom is -0.314 e. The Morgan fingerprint density at radius 2 is 2.12 bits per heavy atom. The zero-order valence-corrected chi connectivity index (χ0v) is 10.4. The van der Waals surface area contributed by atoms with Crippen molar-refractivity contribution in [1.82, 2.24) is 9.62 Å². The van der Waals surface area contributed by atoms with E-state index < -0.39 is 15.8 Å². The van der Waals surface area contributed by atoms with Crippen LogP contribution in [0.15, 0.2) is 29.2 Å². The van der Waals surface area contributed by atoms with Gasteiger partial charge in [-0.25, -0.2) is 12.8 Å². The van der Waals surface area contributed by atoms with Crippen LogP contribution < -0.4 is 5.32 Å². The molecule has 4 nitrogen and oxygen atoms in total. The molecule has 1 unspecified atom stereocenters. The third kappa shape index (κ3) is 2.34. The molecule has 2 rings (SSSR count). The van der Waals surface area contributed by atoms with Crippen molar-refractivity contribution in [2.24, 2.45) is 0 Å². The van der Waals surface area contributed by atoms with Gasteiger partial charge in [-0.05, 0) is 19.1 Å². The van der Waals surface area contributed by atoms with Gasteiger partial charge < -0.3 is 5.32 Å². The smallest absolute Gasteiger partial charge is 0.246 e. The largest absolute Gasteiger partial charge is 0.314 e. The highest BCUT2D eigenvalue weighted by molar-refractivity contribution is 7.89. The Balaban J connectivity index is 2.39. The van der Waals surface area contributed by atoms with E-state index >= 15 is 0 Å². The molecule has 1 aliphatic rings. The van der Waals surface area contributed by atoms with Crippen LogP contribution >= 0.6 is 0 Å². The number of hydrogen-bond acceptors (Lipinski definition) is 3. The van der Waals surface area contributed by atoms with E-state index in [0.29, 0.717) is 19.6 Å². The van der Waals surface area contributed by atoms with Gasteiger partial charge in [-0.3, -0.25) is 0 Å². The lowest BCUT2D eigenvalue weighted by Crippen LogP contribution is -2.52. The van der Waals surface area contributed by atoms with E-state index in [1.807, 2.05) is 6.92 Å². The Labute approximate surface area is 100 Å². The Morgan fingerprint density at radius 1 is 1.41 bits per heavy atom. The van der Waals surface area contributed by atoms with Crippen LogP contribution in [0.4, 0.5) is 4.39 Å². The summed E-state index contributed by atoms with van der Waals surface area (Å²) in [5.41, 5.74) is 0. The normalized spacial score (nSPS) is 22.6. The van der Waals surface area contributed by atoms with Gasteiger partial charge in [0.15, 0.2) is 0 Å². The van der Waals surface area contributed by atoms with Crippen LogP contribution in [-0.2, 0) is 10.0 Å². The third-order valence-electron chi connectivity index (χ3n) is 2.86. The minimum absolute atomic E-state index is 0.159. The second-order valence-corrected chi connectivity index (χ2v) is 5.96. The van der Waals surface area contributed by atoms with E-state index in [0.717, 1.165) is 0 Å². The molecule has 1 heterocycles. The summed E-state index contributed by atoms with van der Waals surface area (Å²) in [5.74, 6) is -0.696. The zero-order valence-electron chi connectivity index (χ0n) is 9.56. The topological polar surface area (TPSA) is 49.4 Å². The maximum atomic E-state index is 13.5. The molecule has 1 fully saturated rings. The second kappa shape index (κ2) is 4.72. The van der Waals surface area contributed by atoms with Crippen LogP contribution in [0.25, 0.3) is 0 Å². The molecular weight excluding hydrogens is 243 g/mol. The van der Waals surface area contributed by atoms with Gasteiger partial charge in [0, 0.05) is 25.7 Å². The van der Waals surface area contributed by atoms with Crippen LogP contribution in [0, 0.1) is 5.82 Å². The van der Waals surface area contributed by atoms with E-state index in [4.69, 9.17) is 0 Å². The van der Waals surface area contributed by atoms with Gasteiger partial charge >= 0.3 is 0 Å². The molecule has 1 atom stereocenters. The van der Waals surface area contributed by atoms with Crippen molar-refractivity contribution in [1.29, 1.82) is 0 Å². The van der Waals surface area contributed by atoms with Gasteiger partial charge in [-0.15, -0.1) is 0 Å². The Bertz CT molecular complexity index is 504. The number of sulfonamides is 1. The molecule has 0 bridgehead atoms. The summed E-state index contributed by atoms with van der Waals surface area (Å²) in [5, 5.41) is 3.10. The SMILES string of the molecule is CC1CNCCN1S(=O)(=O)c1ccccc1F. The van der Waals surface area contributed by atoms with Crippen LogP contribution in [0.2, 0.25) is 0 Å². The zero-order chi connectivity index (χ0) is 12.5. The lowest BCUT2D eigenvalue weighted by Gasteiger charge is -2.32. The molecule has 1 aliphatic heterocycles. The van der Waals surface area contributed by atoms with Gasteiger partial charge in [0.05, 0.1) is 0 Å². The number of nitrogens with zero attached hydrogens (tertiary/aromatic N) is 1. The van der Waals surface area contributed by atoms with E-state index in [2.05, 4.69) is 5.32 Å². The predicted molar refractivity (Wildman–Crippen MR) is 62.6 cm³/mol. The molecule has 0 amide bonds. The van der Waals surface area contributed by atoms with Crippen LogP contribution in [-0.4, -0.2) is 38.4 Å². The van der Waals surface area contributed by atoms with Crippen molar-refractivity contribution < 1.29 is 12.8 Å². The van der Waals surface area contributed by atoms with E-state index in [1.54, 1.807) is 0 Å². The molecule has 1 aromatic rings. The molecule has 1 N–H and O–H groups in total. The molecule has 6 heteroatoms. The number of piperazine rings is 1. The highest BCUT2D eigenvalue weighted by Crippen LogP contribution is 2.21. The van der Waals surface area contributed by atoms with Gasteiger partial charge in [-0.1, -0.05) is 12.1 Å². The molecule has 0 saturated carbocycles. The third-order valence-corrected chi connectivity index (χ3v) is 4.91. The quantitative estimate of drug-likeness (QED) is 0.854. The molecule has 0 spiro atoms. The first kappa shape index (κ1) is 12.5. The summed E-state index contributed by atoms with van der Waals surface area (Å²) in [6, 6.07) is 5.32. The first-order valence-electron chi connectivity index (χ1n) is 5.50. The van der Waals surface area contributed by atoms with Crippen molar-refractivity contribution in [3.8, 4) is 0 Å². The summed E-state index contributed by atoms with van der Waals surface area (Å²) in [4.78, 5) is -0.242. The van der Waals surface area contributed by atoms with Crippen molar-refractivity contribution in [2.75, 3.05) is 19.6 Å². The summed E-state index contributed by atoms with van der Waals surface area (Å²) in [7, 11) is -3.72. The number of nitrogens with one attached hydrogen (secondary N) is 1. The Kier molecular flexibility index (Phi) is 3.46. The fourth-order valence-electron chi connectivity index (χ4n) is 1.96. The average molecular weight is 258 g/mol. The van der Waals surface area contributed by atoms with Crippen molar-refractivity contribution in [3.63, 3.8) is 0 Å². The van der Waals surface area contributed by atoms with Crippen LogP contribution in [0.5, 0.6) is 0 Å². The van der Waals surface area contributed by atoms with Gasteiger partial charge in [0.25, 0.3) is 0 Å². The number of rotatable bonds is 2. The molecular formula is C11H15FN2O2S. The first-order valence-corrected chi connectivity index (χ1v) is 6.94. The summed E-state index contributed by atoms with van der Waals surface area (Å²) in [6.45, 7) is 3.37. The van der Waals surface area contributed by atoms with Crippen molar-refractivity contribution in [3.05, 3.63) is 30.1 Å². The van der Waals surface area contributed by atoms with Crippen molar-refractivity contribution in [2.45, 2.75) is 17.9 Å². The Hall–Kier alpha value is -0.980. The minimum atomic E-state index is -3.72. The predicted octanol–water partition coefficient (Wildman–Crippen LogP) is 0.808. The summed E-state index contributed by atoms with van der Waals surface area (Å²) in [6.07, 6.45) is 0. The van der Waals surface area contributed by atoms with Crippen LogP contribution in [0.3, 0.4) is 0 Å². The molecule has 0 aromatic heterocycles. The monoisotopic (exact) mass is 258 g/mol. The number of benzene rings is 1. The molecule has 0 aliphatic carbocycles. The highest BCUT2D eigenvalue weighted by atomic mass is 32.2. The summed E-state index contributed by atoms with van der Waals surface area (Å²) >= 11 is 0. The molecule has 1 saturated heterocycles. The van der Waals surface area contributed by atoms with Gasteiger partial charge in [0.1, 0.15) is 10.7 Å². The van der Waals surface area contributed by atoms with Gasteiger partial charge in [0.2, 0.25) is 10.0 Å². The fourth-order valence-corrected chi connectivity index (χ4v) is 3.66. The first-order chi connectivity index (χ1) is 8.03. The number of hydrogen-bond donors (Lipinski definition) is 1. The van der Waals surface area contributed by atoms with Gasteiger partial charge in [-0.2, -0.15) is 4.31 Å². The second-order valence-electron chi connectivity index (χ2n) is 4.10. The molecule has 94 valence electrons. The van der Waals surface area contributed by atoms with Crippen molar-refractivity contribution >= 4 is 10.0 Å². The average Bonchev–Trinajstić information content (AvgIpc) is 2.29. The molecule has 1 aromatic carbocycles. The van der Waals surface area contributed by atoms with E-state index in [-0.39, 0.29) is 10.9 Å². The van der Waals surface area contributed by atoms with E-state index in [9.17, 15) is 12.8 Å². The maximum absolute atomic E-state index is 13.5. The highest BCUT2D eigenvalue weighted by Gasteiger charge is 2.32. The lowest BCUT2D eigenvalue weighted by molar-refractivity contribution is 0.283. The fraction of sp³-hybridized carbons (Fsp3) is 0.455. The lowest BCUT2D eigenvalue weighted by atomic mass is 10.3. The maximum Gasteiger partial charge on any atom is 0.246 e. The van der Waals surface area contributed by atoms with E-state index in [1.165, 1.54) is 28.6 Å². The molecule has 17 heavy (non-hydrogen) atoms. The standard InChI is InChI=1S/C11H15FN2O2S/c1-9-8-13-6-7-14(9)17(15,16)11-5-3-2-4-10(11)12/h2-5,9,13H,6-8H2,1H3. The summed E-state index contributed by atoms with van der Waals surface area (Å²) < 4.78 is 39.4. The molecule has 0 radical (unpaired) electrons.